The van der Waals surface area contributed by atoms with Crippen LogP contribution in [0.1, 0.15) is 73.4 Å². The summed E-state index contributed by atoms with van der Waals surface area (Å²) >= 11 is 0. The molecule has 16 heteroatoms. The number of rotatable bonds is 11. The van der Waals surface area contributed by atoms with Crippen molar-refractivity contribution in [2.45, 2.75) is 58.9 Å². The Morgan fingerprint density at radius 2 is 1.70 bits per heavy atom. The van der Waals surface area contributed by atoms with Gasteiger partial charge in [-0.2, -0.15) is 4.98 Å². The normalized spacial score (nSPS) is 15.7. The molecule has 15 nitrogen and oxygen atoms in total. The van der Waals surface area contributed by atoms with Gasteiger partial charge in [0, 0.05) is 68.4 Å². The highest BCUT2D eigenvalue weighted by atomic mass is 19.1. The summed E-state index contributed by atoms with van der Waals surface area (Å²) in [6.45, 7) is 14.3. The predicted molar refractivity (Wildman–Crippen MR) is 213 cm³/mol. The number of nitrogens with zero attached hydrogens (tertiary/aromatic N) is 8. The number of piperazine rings is 1. The maximum absolute atomic E-state index is 15.6. The molecule has 0 spiro atoms. The number of hydrogen-bond donors (Lipinski definition) is 3. The third kappa shape index (κ3) is 9.23. The van der Waals surface area contributed by atoms with Crippen molar-refractivity contribution in [3.8, 4) is 11.3 Å². The second-order valence-electron chi connectivity index (χ2n) is 15.4. The van der Waals surface area contributed by atoms with Crippen LogP contribution in [0.3, 0.4) is 0 Å². The van der Waals surface area contributed by atoms with Gasteiger partial charge in [-0.25, -0.2) is 24.1 Å². The van der Waals surface area contributed by atoms with E-state index in [4.69, 9.17) is 4.52 Å². The summed E-state index contributed by atoms with van der Waals surface area (Å²) in [5.74, 6) is 0.0676. The first kappa shape index (κ1) is 39.0. The number of nitrogens with one attached hydrogen (secondary N) is 3. The molecule has 5 aromatic rings. The van der Waals surface area contributed by atoms with Gasteiger partial charge in [0.2, 0.25) is 5.91 Å². The van der Waals surface area contributed by atoms with Crippen molar-refractivity contribution >= 4 is 40.9 Å². The average Bonchev–Trinajstić information content (AvgIpc) is 3.71. The molecule has 5 heterocycles. The van der Waals surface area contributed by atoms with E-state index >= 15 is 4.39 Å². The van der Waals surface area contributed by atoms with Gasteiger partial charge in [0.05, 0.1) is 23.6 Å². The van der Waals surface area contributed by atoms with Crippen molar-refractivity contribution in [1.29, 1.82) is 0 Å². The number of imide groups is 1. The van der Waals surface area contributed by atoms with Crippen LogP contribution in [0.4, 0.5) is 32.2 Å². The van der Waals surface area contributed by atoms with Gasteiger partial charge < -0.3 is 20.1 Å². The third-order valence-corrected chi connectivity index (χ3v) is 10.2. The van der Waals surface area contributed by atoms with E-state index < -0.39 is 17.8 Å². The van der Waals surface area contributed by atoms with Crippen molar-refractivity contribution in [2.75, 3.05) is 54.4 Å². The molecule has 2 saturated heterocycles. The van der Waals surface area contributed by atoms with Gasteiger partial charge in [-0.15, -0.1) is 0 Å². The van der Waals surface area contributed by atoms with Gasteiger partial charge in [0.1, 0.15) is 23.8 Å². The number of aryl methyl sites for hydroxylation is 1. The smallest absolute Gasteiger partial charge is 0.328 e. The molecule has 0 bridgehead atoms. The Bertz CT molecular complexity index is 2250. The summed E-state index contributed by atoms with van der Waals surface area (Å²) in [5.41, 5.74) is 4.70. The van der Waals surface area contributed by atoms with Crippen molar-refractivity contribution in [3.63, 3.8) is 0 Å². The standard InChI is InChI=1S/C41H46FN11O4/c1-25-20-31(32(42)21-30(25)26(2)46-37(55)38-49-39(50-57-38)41(3,4)5)33-22-35(45-24-44-33)47-34-11-10-29(23-43-34)52-18-16-51(17-19-52)14-12-27-6-8-28(9-7-27)53-15-13-36(54)48-40(53)56/h6-11,20-24,26H,12-19H2,1-5H3,(H,46,55)(H,48,54,56)(H,43,44,45,47)/t26-/m1/s1. The zero-order valence-electron chi connectivity index (χ0n) is 32.7. The summed E-state index contributed by atoms with van der Waals surface area (Å²) in [4.78, 5) is 60.3. The first-order valence-corrected chi connectivity index (χ1v) is 19.0. The summed E-state index contributed by atoms with van der Waals surface area (Å²) < 4.78 is 20.8. The Balaban J connectivity index is 0.901. The van der Waals surface area contributed by atoms with E-state index in [-0.39, 0.29) is 23.2 Å². The molecule has 0 unspecified atom stereocenters. The Kier molecular flexibility index (Phi) is 11.2. The second kappa shape index (κ2) is 16.4. The number of benzene rings is 2. The fraction of sp³-hybridized carbons (Fsp3) is 0.366. The number of urea groups is 1. The molecule has 4 amide bonds. The fourth-order valence-corrected chi connectivity index (χ4v) is 6.84. The SMILES string of the molecule is Cc1cc(-c2cc(Nc3ccc(N4CCN(CCc5ccc(N6CCC(=O)NC6=O)cc5)CC4)cn3)ncn2)c(F)cc1[C@@H](C)NC(=O)c1nc(C(C)(C)C)no1. The fourth-order valence-electron chi connectivity index (χ4n) is 6.84. The molecule has 57 heavy (non-hydrogen) atoms. The minimum Gasteiger partial charge on any atom is -0.368 e. The van der Waals surface area contributed by atoms with Gasteiger partial charge in [0.25, 0.3) is 0 Å². The van der Waals surface area contributed by atoms with Gasteiger partial charge in [0.15, 0.2) is 5.82 Å². The lowest BCUT2D eigenvalue weighted by Gasteiger charge is -2.36. The number of amides is 4. The highest BCUT2D eigenvalue weighted by Crippen LogP contribution is 2.30. The third-order valence-electron chi connectivity index (χ3n) is 10.2. The van der Waals surface area contributed by atoms with Gasteiger partial charge in [-0.05, 0) is 73.4 Å². The maximum atomic E-state index is 15.6. The molecule has 2 aromatic carbocycles. The van der Waals surface area contributed by atoms with Crippen LogP contribution >= 0.6 is 0 Å². The molecular formula is C41H46FN11O4. The van der Waals surface area contributed by atoms with E-state index in [9.17, 15) is 14.4 Å². The summed E-state index contributed by atoms with van der Waals surface area (Å²) in [6, 6.07) is 15.8. The minimum atomic E-state index is -0.537. The maximum Gasteiger partial charge on any atom is 0.328 e. The number of carbonyl (C=O) groups excluding carboxylic acids is 3. The predicted octanol–water partition coefficient (Wildman–Crippen LogP) is 5.71. The van der Waals surface area contributed by atoms with Crippen LogP contribution < -0.4 is 25.8 Å². The molecule has 1 atom stereocenters. The van der Waals surface area contributed by atoms with Crippen LogP contribution in [0.25, 0.3) is 11.3 Å². The molecular weight excluding hydrogens is 730 g/mol. The van der Waals surface area contributed by atoms with E-state index in [2.05, 4.69) is 50.8 Å². The van der Waals surface area contributed by atoms with Crippen molar-refractivity contribution < 1.29 is 23.3 Å². The lowest BCUT2D eigenvalue weighted by molar-refractivity contribution is -0.120. The molecule has 0 aliphatic carbocycles. The highest BCUT2D eigenvalue weighted by Gasteiger charge is 2.26. The van der Waals surface area contributed by atoms with Gasteiger partial charge in [-0.1, -0.05) is 38.1 Å². The molecule has 296 valence electrons. The van der Waals surface area contributed by atoms with Crippen LogP contribution in [0.5, 0.6) is 0 Å². The summed E-state index contributed by atoms with van der Waals surface area (Å²) in [5, 5.41) is 12.3. The molecule has 3 N–H and O–H groups in total. The largest absolute Gasteiger partial charge is 0.368 e. The highest BCUT2D eigenvalue weighted by molar-refractivity contribution is 6.05. The van der Waals surface area contributed by atoms with Crippen LogP contribution in [0, 0.1) is 12.7 Å². The van der Waals surface area contributed by atoms with Crippen molar-refractivity contribution in [2.24, 2.45) is 0 Å². The van der Waals surface area contributed by atoms with E-state index in [1.54, 1.807) is 24.0 Å². The Hall–Kier alpha value is -6.29. The van der Waals surface area contributed by atoms with Crippen molar-refractivity contribution in [3.05, 3.63) is 101 Å². The summed E-state index contributed by atoms with van der Waals surface area (Å²) in [6.07, 6.45) is 4.42. The molecule has 2 fully saturated rings. The Morgan fingerprint density at radius 3 is 2.39 bits per heavy atom. The topological polar surface area (TPSA) is 175 Å². The number of anilines is 4. The molecule has 0 radical (unpaired) electrons. The van der Waals surface area contributed by atoms with Crippen LogP contribution in [0.15, 0.2) is 71.6 Å². The quantitative estimate of drug-likeness (QED) is 0.149. The molecule has 3 aromatic heterocycles. The Labute approximate surface area is 330 Å². The number of carbonyl (C=O) groups is 3. The number of halogens is 1. The molecule has 2 aliphatic heterocycles. The lowest BCUT2D eigenvalue weighted by Crippen LogP contribution is -2.49. The minimum absolute atomic E-state index is 0.147. The van der Waals surface area contributed by atoms with E-state index in [0.29, 0.717) is 47.2 Å². The zero-order valence-corrected chi connectivity index (χ0v) is 32.7. The lowest BCUT2D eigenvalue weighted by atomic mass is 9.96. The van der Waals surface area contributed by atoms with E-state index in [1.807, 2.05) is 70.3 Å². The van der Waals surface area contributed by atoms with Crippen molar-refractivity contribution in [1.82, 2.24) is 40.6 Å². The van der Waals surface area contributed by atoms with E-state index in [1.165, 1.54) is 18.0 Å². The summed E-state index contributed by atoms with van der Waals surface area (Å²) in [7, 11) is 0. The van der Waals surface area contributed by atoms with E-state index in [0.717, 1.165) is 56.1 Å². The number of hydrogen-bond acceptors (Lipinski definition) is 12. The second-order valence-corrected chi connectivity index (χ2v) is 15.4. The first-order valence-electron chi connectivity index (χ1n) is 19.0. The first-order chi connectivity index (χ1) is 27.3. The number of aromatic nitrogens is 5. The molecule has 7 rings (SSSR count). The van der Waals surface area contributed by atoms with Gasteiger partial charge in [-0.3, -0.25) is 24.7 Å². The van der Waals surface area contributed by atoms with Gasteiger partial charge >= 0.3 is 17.8 Å². The van der Waals surface area contributed by atoms with Crippen LogP contribution in [-0.2, 0) is 16.6 Å². The average molecular weight is 776 g/mol. The zero-order chi connectivity index (χ0) is 40.3. The monoisotopic (exact) mass is 775 g/mol. The Morgan fingerprint density at radius 1 is 0.947 bits per heavy atom. The van der Waals surface area contributed by atoms with Crippen LogP contribution in [-0.4, -0.2) is 87.1 Å². The molecule has 2 aliphatic rings. The number of pyridine rings is 1. The molecule has 0 saturated carbocycles. The van der Waals surface area contributed by atoms with Crippen LogP contribution in [0.2, 0.25) is 0 Å².